The van der Waals surface area contributed by atoms with Crippen molar-refractivity contribution in [1.29, 1.82) is 0 Å². The van der Waals surface area contributed by atoms with Gasteiger partial charge in [0, 0.05) is 16.5 Å². The molecule has 1 aliphatic rings. The van der Waals surface area contributed by atoms with Crippen LogP contribution >= 0.6 is 0 Å². The summed E-state index contributed by atoms with van der Waals surface area (Å²) in [5.74, 6) is 0.331. The normalized spacial score (nSPS) is 15.6. The van der Waals surface area contributed by atoms with Gasteiger partial charge in [0.05, 0.1) is 6.61 Å². The Balaban J connectivity index is 2.11. The van der Waals surface area contributed by atoms with Gasteiger partial charge in [-0.2, -0.15) is 0 Å². The van der Waals surface area contributed by atoms with Crippen LogP contribution in [0.25, 0.3) is 10.8 Å². The molecule has 0 radical (unpaired) electrons. The average molecular weight is 243 g/mol. The summed E-state index contributed by atoms with van der Waals surface area (Å²) < 4.78 is 5.11. The molecule has 0 atom stereocenters. The van der Waals surface area contributed by atoms with Crippen LogP contribution in [0.5, 0.6) is 0 Å². The molecule has 0 amide bonds. The molecule has 1 N–H and O–H groups in total. The molecule has 94 valence electrons. The highest BCUT2D eigenvalue weighted by atomic mass is 16.5. The number of H-pyrrole nitrogens is 1. The summed E-state index contributed by atoms with van der Waals surface area (Å²) in [6.07, 6.45) is 3.71. The SMILES string of the molecule is CCOC(=O)c1[nH]c(C2CCC2)c2ccccc12. The van der Waals surface area contributed by atoms with E-state index < -0.39 is 0 Å². The number of nitrogens with one attached hydrogen (secondary N) is 1. The van der Waals surface area contributed by atoms with Gasteiger partial charge in [0.2, 0.25) is 0 Å². The number of hydrogen-bond donors (Lipinski definition) is 1. The van der Waals surface area contributed by atoms with Gasteiger partial charge in [-0.1, -0.05) is 30.7 Å². The van der Waals surface area contributed by atoms with Crippen molar-refractivity contribution in [3.63, 3.8) is 0 Å². The Morgan fingerprint density at radius 3 is 2.67 bits per heavy atom. The van der Waals surface area contributed by atoms with Crippen LogP contribution in [0.15, 0.2) is 24.3 Å². The van der Waals surface area contributed by atoms with Crippen LogP contribution in [-0.4, -0.2) is 17.6 Å². The van der Waals surface area contributed by atoms with Crippen molar-refractivity contribution < 1.29 is 9.53 Å². The first-order chi connectivity index (χ1) is 8.81. The lowest BCUT2D eigenvalue weighted by Crippen LogP contribution is -2.10. The second kappa shape index (κ2) is 4.48. The Kier molecular flexibility index (Phi) is 2.82. The molecule has 1 aromatic heterocycles. The standard InChI is InChI=1S/C15H17NO2/c1-2-18-15(17)14-12-9-4-3-8-11(12)13(16-14)10-6-5-7-10/h3-4,8-10,16H,2,5-7H2,1H3. The highest BCUT2D eigenvalue weighted by Crippen LogP contribution is 2.40. The lowest BCUT2D eigenvalue weighted by atomic mass is 9.82. The van der Waals surface area contributed by atoms with Crippen LogP contribution in [0.1, 0.15) is 48.3 Å². The third-order valence-corrected chi connectivity index (χ3v) is 3.74. The molecule has 18 heavy (non-hydrogen) atoms. The fourth-order valence-electron chi connectivity index (χ4n) is 2.59. The fraction of sp³-hybridized carbons (Fsp3) is 0.400. The van der Waals surface area contributed by atoms with Crippen LogP contribution in [0.4, 0.5) is 0 Å². The van der Waals surface area contributed by atoms with E-state index >= 15 is 0 Å². The van der Waals surface area contributed by atoms with Gasteiger partial charge >= 0.3 is 5.97 Å². The van der Waals surface area contributed by atoms with Crippen LogP contribution < -0.4 is 0 Å². The second-order valence-corrected chi connectivity index (χ2v) is 4.81. The molecular formula is C15H17NO2. The lowest BCUT2D eigenvalue weighted by Gasteiger charge is -2.24. The average Bonchev–Trinajstić information content (AvgIpc) is 2.68. The topological polar surface area (TPSA) is 42.1 Å². The molecular weight excluding hydrogens is 226 g/mol. The molecule has 1 aromatic carbocycles. The molecule has 0 unspecified atom stereocenters. The van der Waals surface area contributed by atoms with E-state index in [1.54, 1.807) is 0 Å². The van der Waals surface area contributed by atoms with Gasteiger partial charge in [-0.15, -0.1) is 0 Å². The third-order valence-electron chi connectivity index (χ3n) is 3.74. The van der Waals surface area contributed by atoms with Gasteiger partial charge in [0.1, 0.15) is 5.69 Å². The summed E-state index contributed by atoms with van der Waals surface area (Å²) in [5.41, 5.74) is 1.81. The van der Waals surface area contributed by atoms with Gasteiger partial charge in [-0.05, 0) is 25.7 Å². The van der Waals surface area contributed by atoms with E-state index in [0.717, 1.165) is 5.39 Å². The lowest BCUT2D eigenvalue weighted by molar-refractivity contribution is 0.0522. The number of aromatic nitrogens is 1. The summed E-state index contributed by atoms with van der Waals surface area (Å²) in [6.45, 7) is 2.24. The van der Waals surface area contributed by atoms with E-state index in [2.05, 4.69) is 11.1 Å². The van der Waals surface area contributed by atoms with Gasteiger partial charge in [-0.3, -0.25) is 0 Å². The van der Waals surface area contributed by atoms with Crippen molar-refractivity contribution in [3.8, 4) is 0 Å². The monoisotopic (exact) mass is 243 g/mol. The van der Waals surface area contributed by atoms with Crippen LogP contribution in [0.2, 0.25) is 0 Å². The van der Waals surface area contributed by atoms with Crippen LogP contribution in [-0.2, 0) is 4.74 Å². The Morgan fingerprint density at radius 1 is 1.33 bits per heavy atom. The molecule has 0 spiro atoms. The smallest absolute Gasteiger partial charge is 0.355 e. The van der Waals surface area contributed by atoms with E-state index in [1.165, 1.54) is 30.3 Å². The Morgan fingerprint density at radius 2 is 2.06 bits per heavy atom. The van der Waals surface area contributed by atoms with E-state index in [9.17, 15) is 4.79 Å². The van der Waals surface area contributed by atoms with Crippen molar-refractivity contribution in [1.82, 2.24) is 4.98 Å². The summed E-state index contributed by atoms with van der Waals surface area (Å²) in [5, 5.41) is 2.16. The van der Waals surface area contributed by atoms with E-state index in [1.807, 2.05) is 25.1 Å². The van der Waals surface area contributed by atoms with Crippen molar-refractivity contribution in [2.24, 2.45) is 0 Å². The van der Waals surface area contributed by atoms with Crippen molar-refractivity contribution >= 4 is 16.7 Å². The van der Waals surface area contributed by atoms with Gasteiger partial charge in [-0.25, -0.2) is 4.79 Å². The highest BCUT2D eigenvalue weighted by Gasteiger charge is 2.26. The number of aromatic amines is 1. The number of hydrogen-bond acceptors (Lipinski definition) is 2. The van der Waals surface area contributed by atoms with Crippen molar-refractivity contribution in [3.05, 3.63) is 35.7 Å². The first-order valence-corrected chi connectivity index (χ1v) is 6.59. The van der Waals surface area contributed by atoms with E-state index in [-0.39, 0.29) is 5.97 Å². The first kappa shape index (κ1) is 11.3. The summed E-state index contributed by atoms with van der Waals surface area (Å²) in [4.78, 5) is 15.2. The number of esters is 1. The number of carbonyl (C=O) groups excluding carboxylic acids is 1. The Labute approximate surface area is 106 Å². The fourth-order valence-corrected chi connectivity index (χ4v) is 2.59. The largest absolute Gasteiger partial charge is 0.461 e. The zero-order chi connectivity index (χ0) is 12.5. The zero-order valence-electron chi connectivity index (χ0n) is 10.5. The van der Waals surface area contributed by atoms with Crippen molar-refractivity contribution in [2.75, 3.05) is 6.61 Å². The first-order valence-electron chi connectivity index (χ1n) is 6.59. The molecule has 3 nitrogen and oxygen atoms in total. The zero-order valence-corrected chi connectivity index (χ0v) is 10.5. The summed E-state index contributed by atoms with van der Waals surface area (Å²) in [7, 11) is 0. The second-order valence-electron chi connectivity index (χ2n) is 4.81. The molecule has 1 aliphatic carbocycles. The molecule has 2 aromatic rings. The number of carbonyl (C=O) groups is 1. The minimum Gasteiger partial charge on any atom is -0.461 e. The highest BCUT2D eigenvalue weighted by molar-refractivity contribution is 6.04. The minimum atomic E-state index is -0.251. The Bertz CT molecular complexity index is 581. The molecule has 3 rings (SSSR count). The molecule has 1 fully saturated rings. The summed E-state index contributed by atoms with van der Waals surface area (Å²) >= 11 is 0. The van der Waals surface area contributed by atoms with Crippen molar-refractivity contribution in [2.45, 2.75) is 32.1 Å². The molecule has 1 heterocycles. The maximum atomic E-state index is 11.9. The van der Waals surface area contributed by atoms with Crippen LogP contribution in [0.3, 0.4) is 0 Å². The quantitative estimate of drug-likeness (QED) is 0.837. The van der Waals surface area contributed by atoms with Gasteiger partial charge in [0.15, 0.2) is 0 Å². The molecule has 3 heteroatoms. The van der Waals surface area contributed by atoms with E-state index in [0.29, 0.717) is 18.2 Å². The number of benzene rings is 1. The van der Waals surface area contributed by atoms with Gasteiger partial charge < -0.3 is 9.72 Å². The molecule has 0 bridgehead atoms. The predicted octanol–water partition coefficient (Wildman–Crippen LogP) is 3.61. The van der Waals surface area contributed by atoms with E-state index in [4.69, 9.17) is 4.74 Å². The predicted molar refractivity (Wildman–Crippen MR) is 70.8 cm³/mol. The minimum absolute atomic E-state index is 0.251. The molecule has 1 saturated carbocycles. The summed E-state index contributed by atoms with van der Waals surface area (Å²) in [6, 6.07) is 8.05. The maximum Gasteiger partial charge on any atom is 0.355 e. The number of fused-ring (bicyclic) bond motifs is 1. The molecule has 0 saturated heterocycles. The van der Waals surface area contributed by atoms with Gasteiger partial charge in [0.25, 0.3) is 0 Å². The maximum absolute atomic E-state index is 11.9. The number of rotatable bonds is 3. The van der Waals surface area contributed by atoms with Crippen LogP contribution in [0, 0.1) is 0 Å². The number of ether oxygens (including phenoxy) is 1. The molecule has 0 aliphatic heterocycles. The third kappa shape index (κ3) is 1.70. The Hall–Kier alpha value is -1.77.